The van der Waals surface area contributed by atoms with Crippen molar-refractivity contribution in [2.24, 2.45) is 0 Å². The zero-order valence-electron chi connectivity index (χ0n) is 12.5. The minimum Gasteiger partial charge on any atom is -0.354 e. The molecule has 1 N–H and O–H groups in total. The maximum atomic E-state index is 4.62. The van der Waals surface area contributed by atoms with Gasteiger partial charge in [0.15, 0.2) is 0 Å². The highest BCUT2D eigenvalue weighted by Gasteiger charge is 2.10. The minimum atomic E-state index is 1.03. The van der Waals surface area contributed by atoms with E-state index < -0.39 is 0 Å². The molecule has 3 aromatic carbocycles. The lowest BCUT2D eigenvalue weighted by Crippen LogP contribution is -1.84. The van der Waals surface area contributed by atoms with Gasteiger partial charge in [-0.25, -0.2) is 0 Å². The van der Waals surface area contributed by atoms with E-state index in [1.54, 1.807) is 0 Å². The molecule has 0 saturated carbocycles. The number of hydrogen-bond acceptors (Lipinski definition) is 1. The summed E-state index contributed by atoms with van der Waals surface area (Å²) in [5.41, 5.74) is 5.74. The average Bonchev–Trinajstić information content (AvgIpc) is 3.00. The van der Waals surface area contributed by atoms with Gasteiger partial charge in [0.05, 0.1) is 5.52 Å². The summed E-state index contributed by atoms with van der Waals surface area (Å²) in [5, 5.41) is 3.69. The van der Waals surface area contributed by atoms with Crippen LogP contribution in [0.1, 0.15) is 0 Å². The van der Waals surface area contributed by atoms with E-state index >= 15 is 0 Å². The van der Waals surface area contributed by atoms with Crippen molar-refractivity contribution >= 4 is 32.7 Å². The van der Waals surface area contributed by atoms with Crippen molar-refractivity contribution in [3.63, 3.8) is 0 Å². The largest absolute Gasteiger partial charge is 0.354 e. The van der Waals surface area contributed by atoms with Crippen LogP contribution in [-0.4, -0.2) is 9.97 Å². The Labute approximate surface area is 133 Å². The Morgan fingerprint density at radius 1 is 0.739 bits per heavy atom. The number of nitrogens with zero attached hydrogens (tertiary/aromatic N) is 1. The van der Waals surface area contributed by atoms with Gasteiger partial charge in [-0.05, 0) is 29.8 Å². The van der Waals surface area contributed by atoms with Gasteiger partial charge in [-0.2, -0.15) is 0 Å². The number of pyridine rings is 1. The maximum Gasteiger partial charge on any atom is 0.0702 e. The highest BCUT2D eigenvalue weighted by atomic mass is 14.7. The SMILES string of the molecule is c1ccc2ncc(-c3cccc4[nH]c5ccccc5c34)cc2c1. The van der Waals surface area contributed by atoms with Crippen molar-refractivity contribution in [3.8, 4) is 11.1 Å². The smallest absolute Gasteiger partial charge is 0.0702 e. The fourth-order valence-corrected chi connectivity index (χ4v) is 3.36. The Kier molecular flexibility index (Phi) is 2.53. The molecule has 0 amide bonds. The second-order valence-corrected chi connectivity index (χ2v) is 5.82. The number of benzene rings is 3. The molecule has 0 aliphatic rings. The number of fused-ring (bicyclic) bond motifs is 4. The third-order valence-electron chi connectivity index (χ3n) is 4.43. The van der Waals surface area contributed by atoms with Crippen LogP contribution in [0.3, 0.4) is 0 Å². The van der Waals surface area contributed by atoms with Crippen LogP contribution in [0.25, 0.3) is 43.8 Å². The number of nitrogens with one attached hydrogen (secondary N) is 1. The predicted molar refractivity (Wildman–Crippen MR) is 96.5 cm³/mol. The molecular formula is C21H14N2. The van der Waals surface area contributed by atoms with Gasteiger partial charge < -0.3 is 4.98 Å². The van der Waals surface area contributed by atoms with E-state index in [4.69, 9.17) is 0 Å². The Morgan fingerprint density at radius 2 is 1.57 bits per heavy atom. The Balaban J connectivity index is 1.87. The molecule has 2 nitrogen and oxygen atoms in total. The van der Waals surface area contributed by atoms with E-state index in [1.165, 1.54) is 27.2 Å². The van der Waals surface area contributed by atoms with Crippen LogP contribution >= 0.6 is 0 Å². The molecule has 0 saturated heterocycles. The number of aromatic nitrogens is 2. The van der Waals surface area contributed by atoms with Crippen molar-refractivity contribution in [2.75, 3.05) is 0 Å². The lowest BCUT2D eigenvalue weighted by Gasteiger charge is -2.06. The molecule has 0 bridgehead atoms. The summed E-state index contributed by atoms with van der Waals surface area (Å²) in [5.74, 6) is 0. The van der Waals surface area contributed by atoms with Crippen molar-refractivity contribution in [2.45, 2.75) is 0 Å². The second-order valence-electron chi connectivity index (χ2n) is 5.82. The van der Waals surface area contributed by atoms with Crippen LogP contribution in [0.2, 0.25) is 0 Å². The first-order valence-electron chi connectivity index (χ1n) is 7.75. The molecule has 0 fully saturated rings. The van der Waals surface area contributed by atoms with E-state index in [2.05, 4.69) is 70.6 Å². The van der Waals surface area contributed by atoms with Gasteiger partial charge in [0.25, 0.3) is 0 Å². The summed E-state index contributed by atoms with van der Waals surface area (Å²) < 4.78 is 0. The quantitative estimate of drug-likeness (QED) is 0.432. The molecule has 2 heteroatoms. The van der Waals surface area contributed by atoms with Crippen molar-refractivity contribution in [3.05, 3.63) is 79.0 Å². The number of hydrogen-bond donors (Lipinski definition) is 1. The molecule has 5 aromatic rings. The minimum absolute atomic E-state index is 1.03. The molecule has 0 atom stereocenters. The lowest BCUT2D eigenvalue weighted by molar-refractivity contribution is 1.41. The number of aromatic amines is 1. The molecule has 0 aliphatic heterocycles. The van der Waals surface area contributed by atoms with Crippen LogP contribution in [0.15, 0.2) is 79.0 Å². The van der Waals surface area contributed by atoms with Crippen LogP contribution in [-0.2, 0) is 0 Å². The first-order chi connectivity index (χ1) is 11.4. The average molecular weight is 294 g/mol. The zero-order valence-corrected chi connectivity index (χ0v) is 12.5. The maximum absolute atomic E-state index is 4.62. The molecular weight excluding hydrogens is 280 g/mol. The Bertz CT molecular complexity index is 1170. The summed E-state index contributed by atoms with van der Waals surface area (Å²) in [7, 11) is 0. The fourth-order valence-electron chi connectivity index (χ4n) is 3.36. The van der Waals surface area contributed by atoms with E-state index in [-0.39, 0.29) is 0 Å². The number of H-pyrrole nitrogens is 1. The Morgan fingerprint density at radius 3 is 2.57 bits per heavy atom. The van der Waals surface area contributed by atoms with Gasteiger partial charge in [0, 0.05) is 39.0 Å². The van der Waals surface area contributed by atoms with E-state index in [9.17, 15) is 0 Å². The number of rotatable bonds is 1. The van der Waals surface area contributed by atoms with Crippen molar-refractivity contribution in [1.29, 1.82) is 0 Å². The first-order valence-corrected chi connectivity index (χ1v) is 7.75. The summed E-state index contributed by atoms with van der Waals surface area (Å²) >= 11 is 0. The van der Waals surface area contributed by atoms with Crippen molar-refractivity contribution in [1.82, 2.24) is 9.97 Å². The zero-order chi connectivity index (χ0) is 15.2. The highest BCUT2D eigenvalue weighted by molar-refractivity contribution is 6.14. The normalized spacial score (nSPS) is 11.5. The van der Waals surface area contributed by atoms with Crippen LogP contribution in [0, 0.1) is 0 Å². The summed E-state index contributed by atoms with van der Waals surface area (Å²) in [6.07, 6.45) is 1.97. The van der Waals surface area contributed by atoms with Gasteiger partial charge in [0.1, 0.15) is 0 Å². The topological polar surface area (TPSA) is 28.7 Å². The van der Waals surface area contributed by atoms with E-state index in [0.29, 0.717) is 0 Å². The molecule has 108 valence electrons. The standard InChI is InChI=1S/C21H14N2/c1-3-9-18-14(6-1)12-15(13-22-18)16-8-5-11-20-21(16)17-7-2-4-10-19(17)23-20/h1-13,23H. The lowest BCUT2D eigenvalue weighted by atomic mass is 9.99. The Hall–Kier alpha value is -3.13. The summed E-state index contributed by atoms with van der Waals surface area (Å²) in [4.78, 5) is 8.12. The third-order valence-corrected chi connectivity index (χ3v) is 4.43. The predicted octanol–water partition coefficient (Wildman–Crippen LogP) is 5.54. The highest BCUT2D eigenvalue weighted by Crippen LogP contribution is 2.34. The van der Waals surface area contributed by atoms with Crippen LogP contribution < -0.4 is 0 Å². The fraction of sp³-hybridized carbons (Fsp3) is 0. The van der Waals surface area contributed by atoms with E-state index in [1.807, 2.05) is 18.3 Å². The second kappa shape index (κ2) is 4.68. The molecule has 2 heterocycles. The third kappa shape index (κ3) is 1.85. The van der Waals surface area contributed by atoms with Gasteiger partial charge in [-0.1, -0.05) is 48.5 Å². The van der Waals surface area contributed by atoms with Crippen molar-refractivity contribution < 1.29 is 0 Å². The van der Waals surface area contributed by atoms with Gasteiger partial charge >= 0.3 is 0 Å². The van der Waals surface area contributed by atoms with Crippen LogP contribution in [0.5, 0.6) is 0 Å². The number of para-hydroxylation sites is 2. The molecule has 0 radical (unpaired) electrons. The molecule has 5 rings (SSSR count). The summed E-state index contributed by atoms with van der Waals surface area (Å²) in [6, 6.07) is 25.3. The first kappa shape index (κ1) is 12.4. The van der Waals surface area contributed by atoms with Gasteiger partial charge in [-0.3, -0.25) is 4.98 Å². The molecule has 0 aliphatic carbocycles. The molecule has 23 heavy (non-hydrogen) atoms. The van der Waals surface area contributed by atoms with Crippen LogP contribution in [0.4, 0.5) is 0 Å². The molecule has 0 unspecified atom stereocenters. The monoisotopic (exact) mass is 294 g/mol. The molecule has 2 aromatic heterocycles. The van der Waals surface area contributed by atoms with Gasteiger partial charge in [-0.15, -0.1) is 0 Å². The summed E-state index contributed by atoms with van der Waals surface area (Å²) in [6.45, 7) is 0. The van der Waals surface area contributed by atoms with Gasteiger partial charge in [0.2, 0.25) is 0 Å². The molecule has 0 spiro atoms. The van der Waals surface area contributed by atoms with E-state index in [0.717, 1.165) is 16.6 Å².